The van der Waals surface area contributed by atoms with Crippen molar-refractivity contribution in [1.29, 1.82) is 0 Å². The van der Waals surface area contributed by atoms with Crippen LogP contribution in [0.25, 0.3) is 0 Å². The molecule has 5 heteroatoms. The third kappa shape index (κ3) is 2.13. The first-order valence-corrected chi connectivity index (χ1v) is 5.20. The van der Waals surface area contributed by atoms with Crippen molar-refractivity contribution in [2.45, 2.75) is 13.3 Å². The van der Waals surface area contributed by atoms with Crippen LogP contribution >= 0.6 is 0 Å². The van der Waals surface area contributed by atoms with Crippen molar-refractivity contribution in [3.63, 3.8) is 0 Å². The maximum absolute atomic E-state index is 13.0. The molecule has 0 saturated heterocycles. The molecule has 2 rings (SSSR count). The highest BCUT2D eigenvalue weighted by atomic mass is 19.2. The second-order valence-corrected chi connectivity index (χ2v) is 3.99. The Morgan fingerprint density at radius 2 is 2.00 bits per heavy atom. The predicted molar refractivity (Wildman–Crippen MR) is 61.5 cm³/mol. The number of benzene rings is 1. The van der Waals surface area contributed by atoms with Crippen molar-refractivity contribution < 1.29 is 8.78 Å². The number of nitrogens with two attached hydrogens (primary N) is 1. The Morgan fingerprint density at radius 3 is 2.53 bits per heavy atom. The van der Waals surface area contributed by atoms with E-state index in [0.717, 1.165) is 17.5 Å². The first-order valence-electron chi connectivity index (χ1n) is 5.20. The predicted octanol–water partition coefficient (Wildman–Crippen LogP) is 2.18. The van der Waals surface area contributed by atoms with Gasteiger partial charge < -0.3 is 10.3 Å². The molecular weight excluding hydrogens is 224 g/mol. The lowest BCUT2D eigenvalue weighted by Crippen LogP contribution is -1.98. The largest absolute Gasteiger partial charge is 0.369 e. The maximum atomic E-state index is 13.0. The second kappa shape index (κ2) is 4.16. The zero-order chi connectivity index (χ0) is 12.6. The van der Waals surface area contributed by atoms with Gasteiger partial charge in [0.05, 0.1) is 5.69 Å². The molecule has 17 heavy (non-hydrogen) atoms. The monoisotopic (exact) mass is 237 g/mol. The zero-order valence-corrected chi connectivity index (χ0v) is 9.67. The molecule has 0 fully saturated rings. The van der Waals surface area contributed by atoms with Gasteiger partial charge in [0.15, 0.2) is 17.6 Å². The Hall–Kier alpha value is -1.91. The highest BCUT2D eigenvalue weighted by Gasteiger charge is 2.10. The van der Waals surface area contributed by atoms with Crippen molar-refractivity contribution in [2.24, 2.45) is 7.05 Å². The number of nitrogens with zero attached hydrogens (tertiary/aromatic N) is 2. The Bertz CT molecular complexity index is 561. The van der Waals surface area contributed by atoms with Gasteiger partial charge in [-0.2, -0.15) is 0 Å². The van der Waals surface area contributed by atoms with E-state index in [2.05, 4.69) is 4.98 Å². The number of hydrogen-bond donors (Lipinski definition) is 1. The summed E-state index contributed by atoms with van der Waals surface area (Å²) in [4.78, 5) is 4.18. The summed E-state index contributed by atoms with van der Waals surface area (Å²) in [5, 5.41) is 0. The summed E-state index contributed by atoms with van der Waals surface area (Å²) in [7, 11) is 1.81. The van der Waals surface area contributed by atoms with Crippen LogP contribution < -0.4 is 5.73 Å². The van der Waals surface area contributed by atoms with E-state index < -0.39 is 11.6 Å². The Kier molecular flexibility index (Phi) is 2.83. The third-order valence-electron chi connectivity index (χ3n) is 2.87. The van der Waals surface area contributed by atoms with Gasteiger partial charge in [0.1, 0.15) is 0 Å². The molecular formula is C12H13F2N3. The molecule has 0 saturated carbocycles. The number of nitrogen functional groups attached to an aromatic ring is 1. The summed E-state index contributed by atoms with van der Waals surface area (Å²) in [5.41, 5.74) is 8.04. The lowest BCUT2D eigenvalue weighted by atomic mass is 10.1. The standard InChI is InChI=1S/C12H13F2N3/c1-7-11(16-12(15)17(7)2)6-8-3-4-9(13)10(14)5-8/h3-5H,6H2,1-2H3,(H2,15,16). The highest BCUT2D eigenvalue weighted by molar-refractivity contribution is 5.32. The number of hydrogen-bond acceptors (Lipinski definition) is 2. The summed E-state index contributed by atoms with van der Waals surface area (Å²) < 4.78 is 27.6. The van der Waals surface area contributed by atoms with E-state index in [9.17, 15) is 8.78 Å². The van der Waals surface area contributed by atoms with Crippen LogP contribution in [0, 0.1) is 18.6 Å². The molecule has 0 spiro atoms. The van der Waals surface area contributed by atoms with Crippen LogP contribution in [-0.2, 0) is 13.5 Å². The molecule has 2 aromatic rings. The van der Waals surface area contributed by atoms with Gasteiger partial charge >= 0.3 is 0 Å². The molecule has 2 N–H and O–H groups in total. The second-order valence-electron chi connectivity index (χ2n) is 3.99. The van der Waals surface area contributed by atoms with Crippen LogP contribution in [0.5, 0.6) is 0 Å². The van der Waals surface area contributed by atoms with Crippen LogP contribution in [0.15, 0.2) is 18.2 Å². The highest BCUT2D eigenvalue weighted by Crippen LogP contribution is 2.17. The van der Waals surface area contributed by atoms with Crippen LogP contribution in [0.4, 0.5) is 14.7 Å². The number of imidazole rings is 1. The van der Waals surface area contributed by atoms with Crippen molar-refractivity contribution in [1.82, 2.24) is 9.55 Å². The molecule has 0 atom stereocenters. The molecule has 90 valence electrons. The van der Waals surface area contributed by atoms with Gasteiger partial charge in [-0.25, -0.2) is 13.8 Å². The van der Waals surface area contributed by atoms with Crippen molar-refractivity contribution in [2.75, 3.05) is 5.73 Å². The molecule has 3 nitrogen and oxygen atoms in total. The zero-order valence-electron chi connectivity index (χ0n) is 9.67. The Morgan fingerprint density at radius 1 is 1.29 bits per heavy atom. The quantitative estimate of drug-likeness (QED) is 0.870. The van der Waals surface area contributed by atoms with Crippen molar-refractivity contribution in [3.05, 3.63) is 46.8 Å². The molecule has 0 aliphatic heterocycles. The lowest BCUT2D eigenvalue weighted by molar-refractivity contribution is 0.507. The number of aromatic nitrogens is 2. The summed E-state index contributed by atoms with van der Waals surface area (Å²) in [6.07, 6.45) is 0.439. The fourth-order valence-corrected chi connectivity index (χ4v) is 1.67. The molecule has 0 aliphatic carbocycles. The molecule has 0 aliphatic rings. The first kappa shape index (κ1) is 11.6. The minimum Gasteiger partial charge on any atom is -0.369 e. The van der Waals surface area contributed by atoms with Gasteiger partial charge in [-0.15, -0.1) is 0 Å². The fourth-order valence-electron chi connectivity index (χ4n) is 1.67. The van der Waals surface area contributed by atoms with Gasteiger partial charge in [-0.1, -0.05) is 6.07 Å². The van der Waals surface area contributed by atoms with Crippen LogP contribution in [0.1, 0.15) is 17.0 Å². The van der Waals surface area contributed by atoms with E-state index in [0.29, 0.717) is 17.9 Å². The normalized spacial score (nSPS) is 10.8. The average molecular weight is 237 g/mol. The van der Waals surface area contributed by atoms with Gasteiger partial charge in [0.25, 0.3) is 0 Å². The van der Waals surface area contributed by atoms with E-state index in [4.69, 9.17) is 5.73 Å². The maximum Gasteiger partial charge on any atom is 0.200 e. The summed E-state index contributed by atoms with van der Waals surface area (Å²) >= 11 is 0. The molecule has 1 aromatic carbocycles. The molecule has 0 amide bonds. The molecule has 1 heterocycles. The summed E-state index contributed by atoms with van der Waals surface area (Å²) in [6, 6.07) is 3.84. The van der Waals surface area contributed by atoms with E-state index in [1.165, 1.54) is 6.07 Å². The summed E-state index contributed by atoms with van der Waals surface area (Å²) in [6.45, 7) is 1.89. The molecule has 0 bridgehead atoms. The molecule has 1 aromatic heterocycles. The number of rotatable bonds is 2. The SMILES string of the molecule is Cc1c(Cc2ccc(F)c(F)c2)nc(N)n1C. The van der Waals surface area contributed by atoms with E-state index in [1.54, 1.807) is 10.6 Å². The lowest BCUT2D eigenvalue weighted by Gasteiger charge is -2.01. The topological polar surface area (TPSA) is 43.8 Å². The Labute approximate surface area is 97.9 Å². The average Bonchev–Trinajstić information content (AvgIpc) is 2.52. The van der Waals surface area contributed by atoms with Crippen LogP contribution in [-0.4, -0.2) is 9.55 Å². The summed E-state index contributed by atoms with van der Waals surface area (Å²) in [5.74, 6) is -1.27. The molecule has 0 unspecified atom stereocenters. The molecule has 0 radical (unpaired) electrons. The van der Waals surface area contributed by atoms with Crippen molar-refractivity contribution in [3.8, 4) is 0 Å². The smallest absolute Gasteiger partial charge is 0.200 e. The third-order valence-corrected chi connectivity index (χ3v) is 2.87. The Balaban J connectivity index is 2.31. The minimum absolute atomic E-state index is 0.417. The minimum atomic E-state index is -0.843. The first-order chi connectivity index (χ1) is 7.99. The van der Waals surface area contributed by atoms with Crippen molar-refractivity contribution >= 4 is 5.95 Å². The van der Waals surface area contributed by atoms with Gasteiger partial charge in [-0.3, -0.25) is 0 Å². The number of anilines is 1. The van der Waals surface area contributed by atoms with Gasteiger partial charge in [0.2, 0.25) is 0 Å². The van der Waals surface area contributed by atoms with Gasteiger partial charge in [0, 0.05) is 19.2 Å². The van der Waals surface area contributed by atoms with E-state index >= 15 is 0 Å². The van der Waals surface area contributed by atoms with Crippen LogP contribution in [0.2, 0.25) is 0 Å². The van der Waals surface area contributed by atoms with E-state index in [1.807, 2.05) is 14.0 Å². The van der Waals surface area contributed by atoms with E-state index in [-0.39, 0.29) is 0 Å². The number of halogens is 2. The fraction of sp³-hybridized carbons (Fsp3) is 0.250. The van der Waals surface area contributed by atoms with Crippen LogP contribution in [0.3, 0.4) is 0 Å². The van der Waals surface area contributed by atoms with Gasteiger partial charge in [-0.05, 0) is 24.6 Å².